The maximum Gasteiger partial charge on any atom is 0.328 e. The Labute approximate surface area is 157 Å². The minimum atomic E-state index is -1.00. The van der Waals surface area contributed by atoms with Crippen LogP contribution in [0.25, 0.3) is 34.3 Å². The van der Waals surface area contributed by atoms with E-state index in [0.29, 0.717) is 6.54 Å². The van der Waals surface area contributed by atoms with Gasteiger partial charge < -0.3 is 5.11 Å². The number of rotatable bonds is 6. The number of fused-ring (bicyclic) bond motifs is 1. The lowest BCUT2D eigenvalue weighted by Gasteiger charge is -2.16. The van der Waals surface area contributed by atoms with E-state index in [2.05, 4.69) is 16.7 Å². The third kappa shape index (κ3) is 3.51. The quantitative estimate of drug-likeness (QED) is 0.658. The summed E-state index contributed by atoms with van der Waals surface area (Å²) < 4.78 is 1.85. The Morgan fingerprint density at radius 1 is 1.33 bits per heavy atom. The fourth-order valence-corrected chi connectivity index (χ4v) is 3.13. The monoisotopic (exact) mass is 362 g/mol. The second-order valence-electron chi connectivity index (χ2n) is 6.52. The van der Waals surface area contributed by atoms with Crippen LogP contribution in [-0.2, 0) is 11.3 Å². The molecule has 6 nitrogen and oxygen atoms in total. The van der Waals surface area contributed by atoms with E-state index in [1.54, 1.807) is 30.7 Å². The van der Waals surface area contributed by atoms with Crippen molar-refractivity contribution in [2.24, 2.45) is 0 Å². The number of carboxylic acid groups (broad SMARTS) is 1. The van der Waals surface area contributed by atoms with Crippen LogP contribution in [0, 0.1) is 0 Å². The summed E-state index contributed by atoms with van der Waals surface area (Å²) in [5.74, 6) is -0.893. The lowest BCUT2D eigenvalue weighted by atomic mass is 9.92. The highest BCUT2D eigenvalue weighted by Crippen LogP contribution is 2.36. The largest absolute Gasteiger partial charge is 0.478 e. The summed E-state index contributed by atoms with van der Waals surface area (Å²) in [6.45, 7) is 10.6. The van der Waals surface area contributed by atoms with Gasteiger partial charge in [-0.2, -0.15) is 5.10 Å². The predicted octanol–water partition coefficient (Wildman–Crippen LogP) is 4.38. The number of hydrogen-bond acceptors (Lipinski definition) is 4. The highest BCUT2D eigenvalue weighted by Gasteiger charge is 2.20. The topological polar surface area (TPSA) is 80.9 Å². The first-order valence-corrected chi connectivity index (χ1v) is 8.84. The van der Waals surface area contributed by atoms with Crippen molar-refractivity contribution in [3.63, 3.8) is 0 Å². The summed E-state index contributed by atoms with van der Waals surface area (Å²) in [5.41, 5.74) is 5.04. The van der Waals surface area contributed by atoms with E-state index in [4.69, 9.17) is 10.1 Å². The molecular formula is C21H22N4O2. The lowest BCUT2D eigenvalue weighted by molar-refractivity contribution is -0.131. The summed E-state index contributed by atoms with van der Waals surface area (Å²) in [4.78, 5) is 20.3. The highest BCUT2D eigenvalue weighted by molar-refractivity contribution is 5.99. The first kappa shape index (κ1) is 18.5. The highest BCUT2D eigenvalue weighted by atomic mass is 16.4. The van der Waals surface area contributed by atoms with Gasteiger partial charge in [-0.05, 0) is 30.5 Å². The van der Waals surface area contributed by atoms with Crippen LogP contribution in [0.4, 0.5) is 0 Å². The molecule has 0 saturated heterocycles. The van der Waals surface area contributed by atoms with Crippen LogP contribution in [0.3, 0.4) is 0 Å². The fraction of sp³-hybridized carbons (Fsp3) is 0.238. The molecule has 27 heavy (non-hydrogen) atoms. The van der Waals surface area contributed by atoms with Crippen molar-refractivity contribution in [1.29, 1.82) is 0 Å². The van der Waals surface area contributed by atoms with Gasteiger partial charge in [0.15, 0.2) is 5.65 Å². The van der Waals surface area contributed by atoms with Gasteiger partial charge in [0.1, 0.15) is 0 Å². The Bertz CT molecular complexity index is 1050. The summed E-state index contributed by atoms with van der Waals surface area (Å²) in [7, 11) is 0. The molecule has 3 aromatic rings. The van der Waals surface area contributed by atoms with Crippen molar-refractivity contribution in [2.75, 3.05) is 0 Å². The van der Waals surface area contributed by atoms with E-state index in [1.165, 1.54) is 0 Å². The zero-order chi connectivity index (χ0) is 19.6. The molecule has 0 aliphatic carbocycles. The molecule has 0 amide bonds. The molecule has 6 heteroatoms. The molecule has 0 saturated carbocycles. The zero-order valence-corrected chi connectivity index (χ0v) is 15.7. The number of aromatic nitrogens is 4. The van der Waals surface area contributed by atoms with Crippen LogP contribution in [0.15, 0.2) is 37.3 Å². The van der Waals surface area contributed by atoms with E-state index < -0.39 is 5.97 Å². The maximum absolute atomic E-state index is 11.2. The Morgan fingerprint density at radius 3 is 2.74 bits per heavy atom. The Hall–Kier alpha value is -3.28. The molecule has 0 aliphatic heterocycles. The molecule has 1 N–H and O–H groups in total. The molecule has 0 spiro atoms. The van der Waals surface area contributed by atoms with Crippen molar-refractivity contribution in [3.8, 4) is 11.1 Å². The van der Waals surface area contributed by atoms with Gasteiger partial charge in [-0.25, -0.2) is 14.5 Å². The molecule has 3 heterocycles. The van der Waals surface area contributed by atoms with Crippen molar-refractivity contribution in [1.82, 2.24) is 19.7 Å². The van der Waals surface area contributed by atoms with Crippen LogP contribution < -0.4 is 0 Å². The first-order valence-electron chi connectivity index (χ1n) is 8.84. The number of carbonyl (C=O) groups is 1. The van der Waals surface area contributed by atoms with Crippen LogP contribution >= 0.6 is 0 Å². The molecule has 0 aromatic carbocycles. The fourth-order valence-electron chi connectivity index (χ4n) is 3.13. The maximum atomic E-state index is 11.2. The van der Waals surface area contributed by atoms with Crippen molar-refractivity contribution >= 4 is 29.2 Å². The molecule has 0 radical (unpaired) electrons. The van der Waals surface area contributed by atoms with Crippen LogP contribution in [0.2, 0.25) is 0 Å². The van der Waals surface area contributed by atoms with Gasteiger partial charge >= 0.3 is 5.97 Å². The van der Waals surface area contributed by atoms with Crippen LogP contribution in [-0.4, -0.2) is 30.8 Å². The summed E-state index contributed by atoms with van der Waals surface area (Å²) in [5, 5.41) is 14.5. The average Bonchev–Trinajstić information content (AvgIpc) is 3.07. The van der Waals surface area contributed by atoms with Crippen LogP contribution in [0.5, 0.6) is 0 Å². The number of aliphatic carboxylic acids is 1. The lowest BCUT2D eigenvalue weighted by Crippen LogP contribution is -2.05. The number of nitrogens with zero attached hydrogens (tertiary/aromatic N) is 4. The van der Waals surface area contributed by atoms with Crippen molar-refractivity contribution in [2.45, 2.75) is 33.2 Å². The van der Waals surface area contributed by atoms with Gasteiger partial charge in [0, 0.05) is 47.1 Å². The standard InChI is InChI=1S/C21H22N4O2/c1-5-14-9-15(11-22-10-14)19-16(7-8-18(26)27)20(13(3)4)24-21-17(19)12-23-25(21)6-2/h5,7-13H,1,6H2,2-4H3,(H,26,27)/b8-7+. The van der Waals surface area contributed by atoms with E-state index in [-0.39, 0.29) is 5.92 Å². The number of pyridine rings is 2. The molecule has 138 valence electrons. The van der Waals surface area contributed by atoms with Crippen molar-refractivity contribution < 1.29 is 9.90 Å². The predicted molar refractivity (Wildman–Crippen MR) is 107 cm³/mol. The molecular weight excluding hydrogens is 340 g/mol. The number of carboxylic acids is 1. The minimum absolute atomic E-state index is 0.109. The van der Waals surface area contributed by atoms with Gasteiger partial charge in [0.05, 0.1) is 11.9 Å². The summed E-state index contributed by atoms with van der Waals surface area (Å²) in [6.07, 6.45) is 9.79. The zero-order valence-electron chi connectivity index (χ0n) is 15.7. The minimum Gasteiger partial charge on any atom is -0.478 e. The molecule has 0 atom stereocenters. The molecule has 0 unspecified atom stereocenters. The number of hydrogen-bond donors (Lipinski definition) is 1. The third-order valence-corrected chi connectivity index (χ3v) is 4.38. The Kier molecular flexibility index (Phi) is 5.16. The van der Waals surface area contributed by atoms with Gasteiger partial charge in [-0.15, -0.1) is 0 Å². The molecule has 0 fully saturated rings. The van der Waals surface area contributed by atoms with Crippen molar-refractivity contribution in [3.05, 3.63) is 54.1 Å². The van der Waals surface area contributed by atoms with Crippen LogP contribution in [0.1, 0.15) is 43.5 Å². The summed E-state index contributed by atoms with van der Waals surface area (Å²) >= 11 is 0. The molecule has 3 rings (SSSR count). The molecule has 0 aliphatic rings. The third-order valence-electron chi connectivity index (χ3n) is 4.38. The van der Waals surface area contributed by atoms with E-state index in [1.807, 2.05) is 31.5 Å². The van der Waals surface area contributed by atoms with Gasteiger partial charge in [0.25, 0.3) is 0 Å². The normalized spacial score (nSPS) is 11.6. The smallest absolute Gasteiger partial charge is 0.328 e. The molecule has 0 bridgehead atoms. The Morgan fingerprint density at radius 2 is 2.11 bits per heavy atom. The Balaban J connectivity index is 2.45. The SMILES string of the molecule is C=Cc1cncc(-c2c(/C=C/C(=O)O)c(C(C)C)nc3c2cnn3CC)c1. The van der Waals surface area contributed by atoms with Gasteiger partial charge in [-0.3, -0.25) is 4.98 Å². The second-order valence-corrected chi connectivity index (χ2v) is 6.52. The van der Waals surface area contributed by atoms with Gasteiger partial charge in [-0.1, -0.05) is 26.5 Å². The first-order chi connectivity index (χ1) is 13.0. The average molecular weight is 362 g/mol. The van der Waals surface area contributed by atoms with Gasteiger partial charge in [0.2, 0.25) is 0 Å². The van der Waals surface area contributed by atoms with E-state index in [9.17, 15) is 4.79 Å². The molecule has 3 aromatic heterocycles. The van der Waals surface area contributed by atoms with E-state index >= 15 is 0 Å². The second kappa shape index (κ2) is 7.53. The number of aryl methyl sites for hydroxylation is 1. The summed E-state index contributed by atoms with van der Waals surface area (Å²) in [6, 6.07) is 1.99. The van der Waals surface area contributed by atoms with E-state index in [0.717, 1.165) is 45.1 Å².